The summed E-state index contributed by atoms with van der Waals surface area (Å²) in [5.41, 5.74) is 6.01. The van der Waals surface area contributed by atoms with Crippen LogP contribution in [0.2, 0.25) is 0 Å². The highest BCUT2D eigenvalue weighted by atomic mass is 16.6. The smallest absolute Gasteiger partial charge is 0.295 e. The van der Waals surface area contributed by atoms with Crippen LogP contribution >= 0.6 is 0 Å². The number of hydrogen-bond acceptors (Lipinski definition) is 5. The number of pyridine rings is 1. The molecule has 1 aromatic carbocycles. The lowest BCUT2D eigenvalue weighted by atomic mass is 10.1. The van der Waals surface area contributed by atoms with Gasteiger partial charge in [0.25, 0.3) is 5.69 Å². The van der Waals surface area contributed by atoms with Crippen LogP contribution in [0.25, 0.3) is 10.9 Å². The predicted molar refractivity (Wildman–Crippen MR) is 70.7 cm³/mol. The summed E-state index contributed by atoms with van der Waals surface area (Å²) in [7, 11) is 0. The van der Waals surface area contributed by atoms with E-state index in [1.165, 1.54) is 12.3 Å². The zero-order valence-electron chi connectivity index (χ0n) is 10.00. The molecule has 0 unspecified atom stereocenters. The van der Waals surface area contributed by atoms with Crippen LogP contribution in [0.4, 0.5) is 11.4 Å². The van der Waals surface area contributed by atoms with E-state index in [0.29, 0.717) is 23.1 Å². The van der Waals surface area contributed by atoms with Crippen LogP contribution in [0.5, 0.6) is 0 Å². The molecule has 7 nitrogen and oxygen atoms in total. The van der Waals surface area contributed by atoms with Gasteiger partial charge in [0.15, 0.2) is 0 Å². The first-order valence-corrected chi connectivity index (χ1v) is 5.64. The quantitative estimate of drug-likeness (QED) is 0.624. The van der Waals surface area contributed by atoms with Crippen LogP contribution in [0.15, 0.2) is 30.5 Å². The molecule has 2 rings (SSSR count). The number of nitro groups is 1. The molecule has 0 saturated carbocycles. The first-order valence-electron chi connectivity index (χ1n) is 5.64. The molecule has 19 heavy (non-hydrogen) atoms. The Hall–Kier alpha value is -2.70. The Balaban J connectivity index is 2.38. The van der Waals surface area contributed by atoms with E-state index in [-0.39, 0.29) is 12.1 Å². The number of nitro benzene ring substituents is 1. The van der Waals surface area contributed by atoms with Gasteiger partial charge in [-0.2, -0.15) is 0 Å². The van der Waals surface area contributed by atoms with Gasteiger partial charge in [-0.15, -0.1) is 0 Å². The van der Waals surface area contributed by atoms with Crippen molar-refractivity contribution in [3.63, 3.8) is 0 Å². The lowest BCUT2D eigenvalue weighted by Gasteiger charge is -2.08. The molecule has 1 amide bonds. The van der Waals surface area contributed by atoms with Crippen LogP contribution in [-0.4, -0.2) is 22.4 Å². The van der Waals surface area contributed by atoms with Gasteiger partial charge in [0, 0.05) is 36.3 Å². The number of nitrogens with zero attached hydrogens (tertiary/aromatic N) is 2. The molecule has 0 aliphatic heterocycles. The number of non-ortho nitro benzene ring substituents is 1. The number of carbonyl (C=O) groups excluding carboxylic acids is 1. The molecule has 0 bridgehead atoms. The Morgan fingerprint density at radius 2 is 2.21 bits per heavy atom. The topological polar surface area (TPSA) is 111 Å². The molecule has 0 spiro atoms. The maximum atomic E-state index is 10.9. The summed E-state index contributed by atoms with van der Waals surface area (Å²) < 4.78 is 0. The Morgan fingerprint density at radius 1 is 1.42 bits per heavy atom. The summed E-state index contributed by atoms with van der Waals surface area (Å²) in [6, 6.07) is 6.43. The van der Waals surface area contributed by atoms with E-state index in [0.717, 1.165) is 0 Å². The fourth-order valence-electron chi connectivity index (χ4n) is 1.78. The molecule has 98 valence electrons. The molecule has 0 radical (unpaired) electrons. The van der Waals surface area contributed by atoms with Gasteiger partial charge >= 0.3 is 0 Å². The molecule has 0 aliphatic rings. The summed E-state index contributed by atoms with van der Waals surface area (Å²) >= 11 is 0. The van der Waals surface area contributed by atoms with Crippen molar-refractivity contribution in [1.29, 1.82) is 0 Å². The third-order valence-electron chi connectivity index (χ3n) is 2.63. The largest absolute Gasteiger partial charge is 0.384 e. The molecule has 3 N–H and O–H groups in total. The fraction of sp³-hybridized carbons (Fsp3) is 0.167. The van der Waals surface area contributed by atoms with Crippen molar-refractivity contribution in [2.45, 2.75) is 6.42 Å². The van der Waals surface area contributed by atoms with Crippen LogP contribution in [0.1, 0.15) is 6.42 Å². The van der Waals surface area contributed by atoms with E-state index in [2.05, 4.69) is 10.3 Å². The van der Waals surface area contributed by atoms with E-state index in [1.54, 1.807) is 18.2 Å². The van der Waals surface area contributed by atoms with Crippen molar-refractivity contribution in [3.8, 4) is 0 Å². The second-order valence-electron chi connectivity index (χ2n) is 3.93. The van der Waals surface area contributed by atoms with E-state index in [1.807, 2.05) is 0 Å². The number of nitrogens with two attached hydrogens (primary N) is 1. The van der Waals surface area contributed by atoms with Crippen molar-refractivity contribution in [2.75, 3.05) is 11.9 Å². The second-order valence-corrected chi connectivity index (χ2v) is 3.93. The zero-order chi connectivity index (χ0) is 13.8. The van der Waals surface area contributed by atoms with Gasteiger partial charge < -0.3 is 11.1 Å². The standard InChI is InChI=1S/C12H12N4O3/c13-11(17)5-7-14-9-3-4-10(16(18)19)12-8(9)2-1-6-15-12/h1-4,6,14H,5,7H2,(H2,13,17). The van der Waals surface area contributed by atoms with Crippen molar-refractivity contribution >= 4 is 28.2 Å². The van der Waals surface area contributed by atoms with Crippen molar-refractivity contribution in [2.24, 2.45) is 5.73 Å². The number of hydrogen-bond donors (Lipinski definition) is 2. The van der Waals surface area contributed by atoms with E-state index >= 15 is 0 Å². The molecule has 0 saturated heterocycles. The van der Waals surface area contributed by atoms with Crippen LogP contribution in [-0.2, 0) is 4.79 Å². The van der Waals surface area contributed by atoms with Crippen molar-refractivity contribution in [1.82, 2.24) is 4.98 Å². The first kappa shape index (κ1) is 12.7. The number of rotatable bonds is 5. The van der Waals surface area contributed by atoms with Crippen molar-refractivity contribution in [3.05, 3.63) is 40.6 Å². The average Bonchev–Trinajstić information content (AvgIpc) is 2.38. The molecule has 7 heteroatoms. The van der Waals surface area contributed by atoms with E-state index < -0.39 is 10.8 Å². The highest BCUT2D eigenvalue weighted by molar-refractivity contribution is 5.97. The summed E-state index contributed by atoms with van der Waals surface area (Å²) in [5.74, 6) is -0.406. The van der Waals surface area contributed by atoms with Gasteiger partial charge in [-0.3, -0.25) is 14.9 Å². The number of nitrogens with one attached hydrogen (secondary N) is 1. The van der Waals surface area contributed by atoms with Crippen LogP contribution in [0.3, 0.4) is 0 Å². The second kappa shape index (κ2) is 5.30. The SMILES string of the molecule is NC(=O)CCNc1ccc([N+](=O)[O-])c2ncccc12. The number of benzene rings is 1. The first-order chi connectivity index (χ1) is 9.09. The lowest BCUT2D eigenvalue weighted by molar-refractivity contribution is -0.383. The predicted octanol–water partition coefficient (Wildman–Crippen LogP) is 1.43. The minimum Gasteiger partial charge on any atom is -0.384 e. The summed E-state index contributed by atoms with van der Waals surface area (Å²) in [4.78, 5) is 25.2. The molecule has 0 atom stereocenters. The molecule has 1 heterocycles. The van der Waals surface area contributed by atoms with Gasteiger partial charge in [0.05, 0.1) is 4.92 Å². The number of anilines is 1. The number of aromatic nitrogens is 1. The number of carbonyl (C=O) groups is 1. The number of fused-ring (bicyclic) bond motifs is 1. The third kappa shape index (κ3) is 2.76. The summed E-state index contributed by atoms with van der Waals surface area (Å²) in [6.07, 6.45) is 1.70. The van der Waals surface area contributed by atoms with Gasteiger partial charge in [-0.25, -0.2) is 4.98 Å². The summed E-state index contributed by atoms with van der Waals surface area (Å²) in [6.45, 7) is 0.372. The molecule has 0 fully saturated rings. The Bertz CT molecular complexity index is 642. The maximum Gasteiger partial charge on any atom is 0.295 e. The van der Waals surface area contributed by atoms with Gasteiger partial charge in [0.1, 0.15) is 5.52 Å². The van der Waals surface area contributed by atoms with Crippen LogP contribution < -0.4 is 11.1 Å². The molecule has 2 aromatic rings. The molecule has 1 aromatic heterocycles. The monoisotopic (exact) mass is 260 g/mol. The Labute approximate surface area is 108 Å². The highest BCUT2D eigenvalue weighted by Crippen LogP contribution is 2.29. The van der Waals surface area contributed by atoms with E-state index in [4.69, 9.17) is 5.73 Å². The Morgan fingerprint density at radius 3 is 2.89 bits per heavy atom. The maximum absolute atomic E-state index is 10.9. The highest BCUT2D eigenvalue weighted by Gasteiger charge is 2.14. The van der Waals surface area contributed by atoms with Crippen molar-refractivity contribution < 1.29 is 9.72 Å². The van der Waals surface area contributed by atoms with Gasteiger partial charge in [0.2, 0.25) is 5.91 Å². The lowest BCUT2D eigenvalue weighted by Crippen LogP contribution is -2.15. The van der Waals surface area contributed by atoms with Gasteiger partial charge in [-0.05, 0) is 18.2 Å². The average molecular weight is 260 g/mol. The fourth-order valence-corrected chi connectivity index (χ4v) is 1.78. The zero-order valence-corrected chi connectivity index (χ0v) is 10.00. The van der Waals surface area contributed by atoms with Crippen LogP contribution in [0, 0.1) is 10.1 Å². The number of amides is 1. The minimum absolute atomic E-state index is 0.0453. The summed E-state index contributed by atoms with van der Waals surface area (Å²) in [5, 5.41) is 14.6. The third-order valence-corrected chi connectivity index (χ3v) is 2.63. The van der Waals surface area contributed by atoms with Gasteiger partial charge in [-0.1, -0.05) is 0 Å². The molecular formula is C12H12N4O3. The molecule has 0 aliphatic carbocycles. The van der Waals surface area contributed by atoms with E-state index in [9.17, 15) is 14.9 Å². The number of primary amides is 1. The normalized spacial score (nSPS) is 10.3. The minimum atomic E-state index is -0.470. The Kier molecular flexibility index (Phi) is 3.56. The molecular weight excluding hydrogens is 248 g/mol.